The van der Waals surface area contributed by atoms with E-state index in [1.165, 1.54) is 24.3 Å². The molecule has 1 amide bonds. The maximum atomic E-state index is 12.3. The minimum absolute atomic E-state index is 0.0438. The van der Waals surface area contributed by atoms with Gasteiger partial charge in [0.05, 0.1) is 10.0 Å². The predicted octanol–water partition coefficient (Wildman–Crippen LogP) is 4.58. The van der Waals surface area contributed by atoms with E-state index in [0.29, 0.717) is 5.56 Å². The number of rotatable bonds is 5. The van der Waals surface area contributed by atoms with E-state index in [9.17, 15) is 23.1 Å². The van der Waals surface area contributed by atoms with Gasteiger partial charge in [0.2, 0.25) is 0 Å². The van der Waals surface area contributed by atoms with Crippen molar-refractivity contribution in [3.05, 3.63) is 57.8 Å². The van der Waals surface area contributed by atoms with Crippen LogP contribution in [0, 0.1) is 0 Å². The SMILES string of the molecule is O=C(NCc1cccc(OC(F)(F)F)c1)c1noc(-c2cc(Cl)c(O)c(Cl)c2)n1. The molecule has 3 rings (SSSR count). The number of halogens is 5. The third kappa shape index (κ3) is 5.30. The van der Waals surface area contributed by atoms with E-state index >= 15 is 0 Å². The molecule has 0 aliphatic rings. The fraction of sp³-hybridized carbons (Fsp3) is 0.118. The molecule has 0 fully saturated rings. The summed E-state index contributed by atoms with van der Waals surface area (Å²) in [7, 11) is 0. The number of amides is 1. The lowest BCUT2D eigenvalue weighted by molar-refractivity contribution is -0.274. The number of hydrogen-bond donors (Lipinski definition) is 2. The van der Waals surface area contributed by atoms with Crippen LogP contribution in [0.1, 0.15) is 16.2 Å². The molecule has 12 heteroatoms. The fourth-order valence-corrected chi connectivity index (χ4v) is 2.72. The number of phenols is 1. The topological polar surface area (TPSA) is 97.5 Å². The summed E-state index contributed by atoms with van der Waals surface area (Å²) in [5.41, 5.74) is 0.641. The Morgan fingerprint density at radius 3 is 2.55 bits per heavy atom. The average molecular weight is 448 g/mol. The van der Waals surface area contributed by atoms with Crippen molar-refractivity contribution < 1.29 is 32.3 Å². The number of carbonyl (C=O) groups excluding carboxylic acids is 1. The average Bonchev–Trinajstić information content (AvgIpc) is 3.13. The first-order chi connectivity index (χ1) is 13.6. The maximum Gasteiger partial charge on any atom is 0.573 e. The number of nitrogens with one attached hydrogen (secondary N) is 1. The third-order valence-corrected chi connectivity index (χ3v) is 4.05. The van der Waals surface area contributed by atoms with E-state index < -0.39 is 18.0 Å². The lowest BCUT2D eigenvalue weighted by Gasteiger charge is -2.10. The highest BCUT2D eigenvalue weighted by atomic mass is 35.5. The summed E-state index contributed by atoms with van der Waals surface area (Å²) in [5, 5.41) is 15.5. The standard InChI is InChI=1S/C17H10Cl2F3N3O4/c18-11-5-9(6-12(19)13(11)26)16-24-14(25-29-16)15(27)23-7-8-2-1-3-10(4-8)28-17(20,21)22/h1-6,26H,7H2,(H,23,27). The molecule has 0 saturated heterocycles. The zero-order valence-electron chi connectivity index (χ0n) is 14.1. The van der Waals surface area contributed by atoms with Gasteiger partial charge in [0.15, 0.2) is 5.75 Å². The van der Waals surface area contributed by atoms with E-state index in [1.54, 1.807) is 0 Å². The third-order valence-electron chi connectivity index (χ3n) is 3.48. The van der Waals surface area contributed by atoms with Crippen LogP contribution in [0.15, 0.2) is 40.9 Å². The van der Waals surface area contributed by atoms with Crippen LogP contribution in [-0.2, 0) is 6.54 Å². The molecule has 0 bridgehead atoms. The van der Waals surface area contributed by atoms with Crippen molar-refractivity contribution in [1.82, 2.24) is 15.5 Å². The summed E-state index contributed by atoms with van der Waals surface area (Å²) < 4.78 is 45.6. The van der Waals surface area contributed by atoms with Crippen LogP contribution in [-0.4, -0.2) is 27.5 Å². The van der Waals surface area contributed by atoms with E-state index in [4.69, 9.17) is 27.7 Å². The van der Waals surface area contributed by atoms with Crippen LogP contribution < -0.4 is 10.1 Å². The summed E-state index contributed by atoms with van der Waals surface area (Å²) in [4.78, 5) is 16.1. The second kappa shape index (κ2) is 8.18. The molecule has 0 aliphatic carbocycles. The first kappa shape index (κ1) is 20.7. The summed E-state index contributed by atoms with van der Waals surface area (Å²) in [6, 6.07) is 7.78. The van der Waals surface area contributed by atoms with Crippen molar-refractivity contribution in [2.45, 2.75) is 12.9 Å². The van der Waals surface area contributed by atoms with Crippen LogP contribution in [0.4, 0.5) is 13.2 Å². The lowest BCUT2D eigenvalue weighted by atomic mass is 10.2. The molecule has 0 aliphatic heterocycles. The number of aromatic nitrogens is 2. The molecule has 2 N–H and O–H groups in total. The normalized spacial score (nSPS) is 11.3. The van der Waals surface area contributed by atoms with Gasteiger partial charge in [-0.2, -0.15) is 4.98 Å². The summed E-state index contributed by atoms with van der Waals surface area (Å²) >= 11 is 11.6. The Kier molecular flexibility index (Phi) is 5.85. The van der Waals surface area contributed by atoms with Crippen LogP contribution >= 0.6 is 23.2 Å². The van der Waals surface area contributed by atoms with Gasteiger partial charge in [-0.25, -0.2) is 0 Å². The Hall–Kier alpha value is -2.98. The zero-order chi connectivity index (χ0) is 21.2. The summed E-state index contributed by atoms with van der Waals surface area (Å²) in [6.45, 7) is -0.103. The van der Waals surface area contributed by atoms with Gasteiger partial charge in [-0.3, -0.25) is 4.79 Å². The molecule has 0 spiro atoms. The Morgan fingerprint density at radius 1 is 1.21 bits per heavy atom. The lowest BCUT2D eigenvalue weighted by Crippen LogP contribution is -2.24. The minimum atomic E-state index is -4.82. The summed E-state index contributed by atoms with van der Waals surface area (Å²) in [5.74, 6) is -1.83. The Bertz CT molecular complexity index is 1030. The minimum Gasteiger partial charge on any atom is -0.505 e. The van der Waals surface area contributed by atoms with Gasteiger partial charge in [-0.05, 0) is 29.8 Å². The predicted molar refractivity (Wildman–Crippen MR) is 95.7 cm³/mol. The molecule has 3 aromatic rings. The molecule has 0 unspecified atom stereocenters. The highest BCUT2D eigenvalue weighted by molar-refractivity contribution is 6.37. The number of benzene rings is 2. The van der Waals surface area contributed by atoms with Gasteiger partial charge >= 0.3 is 6.36 Å². The van der Waals surface area contributed by atoms with E-state index in [1.807, 2.05) is 0 Å². The molecule has 0 radical (unpaired) electrons. The van der Waals surface area contributed by atoms with Crippen molar-refractivity contribution in [1.29, 1.82) is 0 Å². The van der Waals surface area contributed by atoms with Crippen molar-refractivity contribution in [2.24, 2.45) is 0 Å². The van der Waals surface area contributed by atoms with Gasteiger partial charge in [0.1, 0.15) is 5.75 Å². The van der Waals surface area contributed by atoms with E-state index in [-0.39, 0.29) is 39.6 Å². The first-order valence-corrected chi connectivity index (χ1v) is 8.53. The van der Waals surface area contributed by atoms with E-state index in [2.05, 4.69) is 20.2 Å². The van der Waals surface area contributed by atoms with Crippen molar-refractivity contribution in [3.8, 4) is 23.0 Å². The fourth-order valence-electron chi connectivity index (χ4n) is 2.24. The second-order valence-electron chi connectivity index (χ2n) is 5.59. The molecule has 0 atom stereocenters. The van der Waals surface area contributed by atoms with Crippen LogP contribution in [0.5, 0.6) is 11.5 Å². The molecule has 152 valence electrons. The largest absolute Gasteiger partial charge is 0.573 e. The van der Waals surface area contributed by atoms with Gasteiger partial charge in [0, 0.05) is 12.1 Å². The van der Waals surface area contributed by atoms with Crippen LogP contribution in [0.2, 0.25) is 10.0 Å². The number of carbonyl (C=O) groups is 1. The zero-order valence-corrected chi connectivity index (χ0v) is 15.6. The van der Waals surface area contributed by atoms with E-state index in [0.717, 1.165) is 12.1 Å². The molecule has 1 aromatic heterocycles. The van der Waals surface area contributed by atoms with Gasteiger partial charge in [-0.1, -0.05) is 40.5 Å². The van der Waals surface area contributed by atoms with Gasteiger partial charge < -0.3 is 19.7 Å². The van der Waals surface area contributed by atoms with Gasteiger partial charge in [-0.15, -0.1) is 13.2 Å². The molecular formula is C17H10Cl2F3N3O4. The summed E-state index contributed by atoms with van der Waals surface area (Å²) in [6.07, 6.45) is -4.82. The molecule has 0 saturated carbocycles. The van der Waals surface area contributed by atoms with Crippen LogP contribution in [0.25, 0.3) is 11.5 Å². The molecule has 2 aromatic carbocycles. The van der Waals surface area contributed by atoms with Crippen molar-refractivity contribution in [3.63, 3.8) is 0 Å². The number of phenolic OH excluding ortho intramolecular Hbond substituents is 1. The van der Waals surface area contributed by atoms with Crippen molar-refractivity contribution >= 4 is 29.1 Å². The Morgan fingerprint density at radius 2 is 1.90 bits per heavy atom. The Balaban J connectivity index is 1.68. The van der Waals surface area contributed by atoms with Gasteiger partial charge in [0.25, 0.3) is 17.6 Å². The highest BCUT2D eigenvalue weighted by Gasteiger charge is 2.31. The Labute approximate surface area is 171 Å². The molecular weight excluding hydrogens is 438 g/mol. The van der Waals surface area contributed by atoms with Crippen LogP contribution in [0.3, 0.4) is 0 Å². The molecule has 29 heavy (non-hydrogen) atoms. The smallest absolute Gasteiger partial charge is 0.505 e. The second-order valence-corrected chi connectivity index (χ2v) is 6.40. The first-order valence-electron chi connectivity index (χ1n) is 7.77. The number of aromatic hydroxyl groups is 1. The number of ether oxygens (including phenoxy) is 1. The maximum absolute atomic E-state index is 12.3. The number of nitrogens with zero attached hydrogens (tertiary/aromatic N) is 2. The van der Waals surface area contributed by atoms with Crippen molar-refractivity contribution in [2.75, 3.05) is 0 Å². The molecule has 1 heterocycles. The number of alkyl halides is 3. The monoisotopic (exact) mass is 447 g/mol. The highest BCUT2D eigenvalue weighted by Crippen LogP contribution is 2.35. The number of hydrogen-bond acceptors (Lipinski definition) is 6. The quantitative estimate of drug-likeness (QED) is 0.594. The molecule has 7 nitrogen and oxygen atoms in total.